The van der Waals surface area contributed by atoms with Crippen molar-refractivity contribution in [3.63, 3.8) is 0 Å². The molecule has 0 aliphatic carbocycles. The Morgan fingerprint density at radius 1 is 1.24 bits per heavy atom. The number of amides is 1. The number of rotatable bonds is 5. The van der Waals surface area contributed by atoms with Gasteiger partial charge in [-0.05, 0) is 49.9 Å². The third kappa shape index (κ3) is 5.24. The van der Waals surface area contributed by atoms with Crippen molar-refractivity contribution in [2.75, 3.05) is 19.7 Å². The van der Waals surface area contributed by atoms with Crippen molar-refractivity contribution in [2.45, 2.75) is 45.4 Å². The monoisotopic (exact) mass is 309 g/mol. The maximum absolute atomic E-state index is 12.1. The van der Waals surface area contributed by atoms with Crippen LogP contribution in [0.2, 0.25) is 5.02 Å². The zero-order chi connectivity index (χ0) is 15.1. The van der Waals surface area contributed by atoms with Gasteiger partial charge in [0.1, 0.15) is 5.75 Å². The molecule has 4 heteroatoms. The summed E-state index contributed by atoms with van der Waals surface area (Å²) in [6.45, 7) is 4.38. The molecule has 1 aromatic carbocycles. The van der Waals surface area contributed by atoms with Crippen LogP contribution in [-0.4, -0.2) is 30.5 Å². The van der Waals surface area contributed by atoms with E-state index in [1.165, 1.54) is 12.8 Å². The van der Waals surface area contributed by atoms with Gasteiger partial charge < -0.3 is 9.64 Å². The van der Waals surface area contributed by atoms with Gasteiger partial charge in [-0.3, -0.25) is 4.79 Å². The Bertz CT molecular complexity index is 468. The van der Waals surface area contributed by atoms with Crippen LogP contribution in [0.15, 0.2) is 18.2 Å². The Morgan fingerprint density at radius 2 is 1.95 bits per heavy atom. The minimum absolute atomic E-state index is 0.271. The molecule has 0 unspecified atom stereocenters. The van der Waals surface area contributed by atoms with Gasteiger partial charge in [0.15, 0.2) is 0 Å². The fourth-order valence-electron chi connectivity index (χ4n) is 2.60. The average Bonchev–Trinajstić information content (AvgIpc) is 2.76. The summed E-state index contributed by atoms with van der Waals surface area (Å²) in [5.41, 5.74) is 1.01. The zero-order valence-electron chi connectivity index (χ0n) is 12.7. The first-order valence-corrected chi connectivity index (χ1v) is 8.21. The van der Waals surface area contributed by atoms with Gasteiger partial charge in [0.05, 0.1) is 6.61 Å². The van der Waals surface area contributed by atoms with E-state index >= 15 is 0 Å². The Morgan fingerprint density at radius 3 is 2.62 bits per heavy atom. The first kappa shape index (κ1) is 16.2. The van der Waals surface area contributed by atoms with Gasteiger partial charge in [0, 0.05) is 24.5 Å². The van der Waals surface area contributed by atoms with Crippen molar-refractivity contribution < 1.29 is 9.53 Å². The second kappa shape index (κ2) is 8.28. The van der Waals surface area contributed by atoms with Crippen molar-refractivity contribution >= 4 is 17.5 Å². The molecular formula is C17H24ClNO2. The number of carbonyl (C=O) groups is 1. The lowest BCUT2D eigenvalue weighted by Gasteiger charge is -2.20. The molecule has 1 saturated heterocycles. The number of carbonyl (C=O) groups excluding carboxylic acids is 1. The quantitative estimate of drug-likeness (QED) is 0.763. The topological polar surface area (TPSA) is 29.5 Å². The minimum Gasteiger partial charge on any atom is -0.494 e. The average molecular weight is 310 g/mol. The number of hydrogen-bond acceptors (Lipinski definition) is 2. The molecule has 1 amide bonds. The molecule has 1 aromatic rings. The van der Waals surface area contributed by atoms with Crippen molar-refractivity contribution in [1.29, 1.82) is 0 Å². The Hall–Kier alpha value is -1.22. The van der Waals surface area contributed by atoms with Crippen LogP contribution in [0.4, 0.5) is 0 Å². The summed E-state index contributed by atoms with van der Waals surface area (Å²) in [6, 6.07) is 5.64. The van der Waals surface area contributed by atoms with Gasteiger partial charge in [-0.1, -0.05) is 24.4 Å². The first-order chi connectivity index (χ1) is 10.2. The molecule has 0 radical (unpaired) electrons. The molecule has 0 spiro atoms. The molecular weight excluding hydrogens is 286 g/mol. The number of aryl methyl sites for hydroxylation is 1. The van der Waals surface area contributed by atoms with Crippen LogP contribution >= 0.6 is 11.6 Å². The highest BCUT2D eigenvalue weighted by Crippen LogP contribution is 2.21. The predicted molar refractivity (Wildman–Crippen MR) is 86.0 cm³/mol. The van der Waals surface area contributed by atoms with E-state index in [0.717, 1.165) is 48.7 Å². The summed E-state index contributed by atoms with van der Waals surface area (Å²) in [6.07, 6.45) is 6.13. The largest absolute Gasteiger partial charge is 0.494 e. The van der Waals surface area contributed by atoms with Crippen LogP contribution in [0.25, 0.3) is 0 Å². The van der Waals surface area contributed by atoms with E-state index in [-0.39, 0.29) is 5.91 Å². The molecule has 1 heterocycles. The lowest BCUT2D eigenvalue weighted by molar-refractivity contribution is -0.131. The highest BCUT2D eigenvalue weighted by molar-refractivity contribution is 6.31. The molecule has 0 aromatic heterocycles. The smallest absolute Gasteiger partial charge is 0.222 e. The van der Waals surface area contributed by atoms with E-state index in [1.807, 2.05) is 30.0 Å². The molecule has 0 N–H and O–H groups in total. The van der Waals surface area contributed by atoms with Gasteiger partial charge in [-0.25, -0.2) is 0 Å². The van der Waals surface area contributed by atoms with E-state index in [9.17, 15) is 4.79 Å². The lowest BCUT2D eigenvalue weighted by Crippen LogP contribution is -2.31. The van der Waals surface area contributed by atoms with E-state index in [4.69, 9.17) is 16.3 Å². The maximum Gasteiger partial charge on any atom is 0.222 e. The summed E-state index contributed by atoms with van der Waals surface area (Å²) in [5.74, 6) is 1.09. The van der Waals surface area contributed by atoms with Crippen molar-refractivity contribution in [3.05, 3.63) is 28.8 Å². The minimum atomic E-state index is 0.271. The molecule has 0 saturated carbocycles. The van der Waals surface area contributed by atoms with Crippen LogP contribution in [-0.2, 0) is 4.79 Å². The molecule has 21 heavy (non-hydrogen) atoms. The number of halogens is 1. The first-order valence-electron chi connectivity index (χ1n) is 7.83. The molecule has 1 fully saturated rings. The second-order valence-corrected chi connectivity index (χ2v) is 6.07. The third-order valence-electron chi connectivity index (χ3n) is 3.89. The Labute approximate surface area is 132 Å². The fourth-order valence-corrected chi connectivity index (χ4v) is 2.72. The molecule has 3 nitrogen and oxygen atoms in total. The summed E-state index contributed by atoms with van der Waals surface area (Å²) in [5, 5.41) is 0.749. The van der Waals surface area contributed by atoms with Crippen LogP contribution in [0.5, 0.6) is 5.75 Å². The van der Waals surface area contributed by atoms with E-state index < -0.39 is 0 Å². The number of likely N-dealkylation sites (tertiary alicyclic amines) is 1. The van der Waals surface area contributed by atoms with E-state index in [2.05, 4.69) is 0 Å². The molecule has 0 atom stereocenters. The number of benzene rings is 1. The second-order valence-electron chi connectivity index (χ2n) is 5.66. The van der Waals surface area contributed by atoms with E-state index in [1.54, 1.807) is 0 Å². The number of nitrogens with zero attached hydrogens (tertiary/aromatic N) is 1. The molecule has 0 bridgehead atoms. The highest BCUT2D eigenvalue weighted by Gasteiger charge is 2.14. The molecule has 116 valence electrons. The predicted octanol–water partition coefficient (Wildman–Crippen LogP) is 4.21. The zero-order valence-corrected chi connectivity index (χ0v) is 13.5. The van der Waals surface area contributed by atoms with Gasteiger partial charge in [-0.15, -0.1) is 0 Å². The SMILES string of the molecule is Cc1cc(OCCCC(=O)N2CCCCCC2)ccc1Cl. The number of ether oxygens (including phenoxy) is 1. The normalized spacial score (nSPS) is 15.6. The van der Waals surface area contributed by atoms with Crippen molar-refractivity contribution in [1.82, 2.24) is 4.90 Å². The van der Waals surface area contributed by atoms with Gasteiger partial charge in [0.2, 0.25) is 5.91 Å². The lowest BCUT2D eigenvalue weighted by atomic mass is 10.2. The van der Waals surface area contributed by atoms with Crippen LogP contribution in [0, 0.1) is 6.92 Å². The van der Waals surface area contributed by atoms with Crippen LogP contribution < -0.4 is 4.74 Å². The highest BCUT2D eigenvalue weighted by atomic mass is 35.5. The summed E-state index contributed by atoms with van der Waals surface area (Å²) in [4.78, 5) is 14.1. The van der Waals surface area contributed by atoms with Gasteiger partial charge in [-0.2, -0.15) is 0 Å². The summed E-state index contributed by atoms with van der Waals surface area (Å²) < 4.78 is 5.67. The molecule has 1 aliphatic rings. The molecule has 1 aliphatic heterocycles. The standard InChI is InChI=1S/C17H24ClNO2/c1-14-13-15(8-9-16(14)18)21-12-6-7-17(20)19-10-4-2-3-5-11-19/h8-9,13H,2-7,10-12H2,1H3. The maximum atomic E-state index is 12.1. The van der Waals surface area contributed by atoms with Gasteiger partial charge >= 0.3 is 0 Å². The third-order valence-corrected chi connectivity index (χ3v) is 4.32. The summed E-state index contributed by atoms with van der Waals surface area (Å²) >= 11 is 5.98. The fraction of sp³-hybridized carbons (Fsp3) is 0.588. The van der Waals surface area contributed by atoms with Crippen molar-refractivity contribution in [2.24, 2.45) is 0 Å². The number of hydrogen-bond donors (Lipinski definition) is 0. The van der Waals surface area contributed by atoms with Crippen molar-refractivity contribution in [3.8, 4) is 5.75 Å². The van der Waals surface area contributed by atoms with E-state index in [0.29, 0.717) is 13.0 Å². The van der Waals surface area contributed by atoms with Crippen LogP contribution in [0.1, 0.15) is 44.1 Å². The Balaban J connectivity index is 1.68. The Kier molecular flexibility index (Phi) is 6.37. The molecule has 2 rings (SSSR count). The van der Waals surface area contributed by atoms with Crippen LogP contribution in [0.3, 0.4) is 0 Å². The van der Waals surface area contributed by atoms with Gasteiger partial charge in [0.25, 0.3) is 0 Å². The summed E-state index contributed by atoms with van der Waals surface area (Å²) in [7, 11) is 0.